The Morgan fingerprint density at radius 2 is 2.10 bits per heavy atom. The van der Waals surface area contributed by atoms with E-state index in [2.05, 4.69) is 0 Å². The Morgan fingerprint density at radius 3 is 2.30 bits per heavy atom. The molecule has 10 heavy (non-hydrogen) atoms. The molecule has 0 bridgehead atoms. The predicted octanol–water partition coefficient (Wildman–Crippen LogP) is 1.69. The van der Waals surface area contributed by atoms with Crippen molar-refractivity contribution in [1.29, 1.82) is 0 Å². The molecule has 1 heterocycles. The van der Waals surface area contributed by atoms with Crippen molar-refractivity contribution >= 4 is 42.1 Å². The normalized spacial score (nSPS) is 7.20. The van der Waals surface area contributed by atoms with Crippen molar-refractivity contribution in [3.63, 3.8) is 0 Å². The highest BCUT2D eigenvalue weighted by Gasteiger charge is 1.95. The monoisotopic (exact) mass is 199 g/mol. The summed E-state index contributed by atoms with van der Waals surface area (Å²) in [5.74, 6) is -0.355. The molecule has 0 atom stereocenters. The summed E-state index contributed by atoms with van der Waals surface area (Å²) < 4.78 is 0. The fraction of sp³-hybridized carbons (Fsp3) is 0. The van der Waals surface area contributed by atoms with Gasteiger partial charge in [-0.2, -0.15) is 11.3 Å². The second-order valence-electron chi connectivity index (χ2n) is 1.38. The van der Waals surface area contributed by atoms with Gasteiger partial charge >= 0.3 is 0 Å². The van der Waals surface area contributed by atoms with Gasteiger partial charge in [-0.25, -0.2) is 0 Å². The third-order valence-corrected chi connectivity index (χ3v) is 1.49. The van der Waals surface area contributed by atoms with Gasteiger partial charge in [0.05, 0.1) is 0 Å². The molecule has 0 saturated carbocycles. The Labute approximate surface area is 75.2 Å². The zero-order valence-electron chi connectivity index (χ0n) is 4.94. The van der Waals surface area contributed by atoms with Crippen molar-refractivity contribution < 1.29 is 4.79 Å². The summed E-state index contributed by atoms with van der Waals surface area (Å²) in [6.45, 7) is 0. The Bertz CT molecular complexity index is 188. The van der Waals surface area contributed by atoms with Crippen molar-refractivity contribution in [2.24, 2.45) is 5.73 Å². The summed E-state index contributed by atoms with van der Waals surface area (Å²) in [7, 11) is 0. The summed E-state index contributed by atoms with van der Waals surface area (Å²) in [5, 5.41) is 3.54. The van der Waals surface area contributed by atoms with Gasteiger partial charge in [-0.1, -0.05) is 0 Å². The average Bonchev–Trinajstić information content (AvgIpc) is 2.12. The van der Waals surface area contributed by atoms with Gasteiger partial charge in [0.25, 0.3) is 0 Å². The molecule has 0 aliphatic carbocycles. The molecule has 0 saturated heterocycles. The SMILES string of the molecule is Cl.Cl.NC(=O)c1ccsc1. The maximum absolute atomic E-state index is 10.3. The van der Waals surface area contributed by atoms with Crippen molar-refractivity contribution in [2.45, 2.75) is 0 Å². The lowest BCUT2D eigenvalue weighted by Gasteiger charge is -1.80. The number of rotatable bonds is 1. The van der Waals surface area contributed by atoms with Gasteiger partial charge in [0.1, 0.15) is 0 Å². The Kier molecular flexibility index (Phi) is 6.87. The van der Waals surface area contributed by atoms with E-state index in [-0.39, 0.29) is 30.7 Å². The summed E-state index contributed by atoms with van der Waals surface area (Å²) in [6, 6.07) is 1.70. The van der Waals surface area contributed by atoms with E-state index in [9.17, 15) is 4.79 Å². The molecule has 0 aliphatic heterocycles. The lowest BCUT2D eigenvalue weighted by atomic mass is 10.3. The van der Waals surface area contributed by atoms with Gasteiger partial charge < -0.3 is 5.73 Å². The van der Waals surface area contributed by atoms with Crippen molar-refractivity contribution in [3.8, 4) is 0 Å². The van der Waals surface area contributed by atoms with Crippen LogP contribution in [0.3, 0.4) is 0 Å². The topological polar surface area (TPSA) is 43.1 Å². The van der Waals surface area contributed by atoms with E-state index in [1.54, 1.807) is 11.4 Å². The van der Waals surface area contributed by atoms with Crippen molar-refractivity contribution in [3.05, 3.63) is 22.4 Å². The molecule has 1 aromatic heterocycles. The summed E-state index contributed by atoms with van der Waals surface area (Å²) in [4.78, 5) is 10.3. The smallest absolute Gasteiger partial charge is 0.249 e. The van der Waals surface area contributed by atoms with E-state index in [0.29, 0.717) is 5.56 Å². The molecule has 0 aromatic carbocycles. The summed E-state index contributed by atoms with van der Waals surface area (Å²) in [6.07, 6.45) is 0. The van der Waals surface area contributed by atoms with Crippen LogP contribution in [-0.4, -0.2) is 5.91 Å². The summed E-state index contributed by atoms with van der Waals surface area (Å²) >= 11 is 1.47. The van der Waals surface area contributed by atoms with Crippen LogP contribution in [0.1, 0.15) is 10.4 Å². The Hall–Kier alpha value is -0.250. The first kappa shape index (κ1) is 12.4. The number of halogens is 2. The molecule has 0 radical (unpaired) electrons. The maximum Gasteiger partial charge on any atom is 0.249 e. The first-order valence-electron chi connectivity index (χ1n) is 2.12. The number of carbonyl (C=O) groups excluding carboxylic acids is 1. The Balaban J connectivity index is 0. The van der Waals surface area contributed by atoms with Crippen LogP contribution in [0.25, 0.3) is 0 Å². The van der Waals surface area contributed by atoms with Crippen molar-refractivity contribution in [1.82, 2.24) is 0 Å². The third kappa shape index (κ3) is 3.06. The van der Waals surface area contributed by atoms with Gasteiger partial charge in [0.15, 0.2) is 0 Å². The molecule has 1 aromatic rings. The van der Waals surface area contributed by atoms with E-state index < -0.39 is 0 Å². The van der Waals surface area contributed by atoms with Gasteiger partial charge in [0.2, 0.25) is 5.91 Å². The van der Waals surface area contributed by atoms with E-state index in [1.165, 1.54) is 11.3 Å². The van der Waals surface area contributed by atoms with Gasteiger partial charge in [-0.3, -0.25) is 4.79 Å². The fourth-order valence-electron chi connectivity index (χ4n) is 0.405. The highest BCUT2D eigenvalue weighted by molar-refractivity contribution is 7.08. The maximum atomic E-state index is 10.3. The first-order chi connectivity index (χ1) is 3.80. The highest BCUT2D eigenvalue weighted by Crippen LogP contribution is 2.03. The van der Waals surface area contributed by atoms with Gasteiger partial charge in [0, 0.05) is 10.9 Å². The number of nitrogens with two attached hydrogens (primary N) is 1. The van der Waals surface area contributed by atoms with E-state index in [1.807, 2.05) is 5.38 Å². The van der Waals surface area contributed by atoms with Crippen LogP contribution < -0.4 is 5.73 Å². The first-order valence-corrected chi connectivity index (χ1v) is 3.07. The van der Waals surface area contributed by atoms with Crippen molar-refractivity contribution in [2.75, 3.05) is 0 Å². The molecule has 0 fully saturated rings. The van der Waals surface area contributed by atoms with Crippen LogP contribution in [-0.2, 0) is 0 Å². The molecule has 0 spiro atoms. The standard InChI is InChI=1S/C5H5NOS.2ClH/c6-5(7)4-1-2-8-3-4;;/h1-3H,(H2,6,7);2*1H. The van der Waals surface area contributed by atoms with E-state index in [4.69, 9.17) is 5.73 Å². The van der Waals surface area contributed by atoms with Gasteiger partial charge in [-0.15, -0.1) is 24.8 Å². The van der Waals surface area contributed by atoms with Crippen LogP contribution >= 0.6 is 36.2 Å². The minimum atomic E-state index is -0.355. The van der Waals surface area contributed by atoms with Crippen LogP contribution in [0.4, 0.5) is 0 Å². The minimum absolute atomic E-state index is 0. The minimum Gasteiger partial charge on any atom is -0.366 e. The number of amides is 1. The van der Waals surface area contributed by atoms with E-state index >= 15 is 0 Å². The van der Waals surface area contributed by atoms with Crippen LogP contribution in [0.5, 0.6) is 0 Å². The number of primary amides is 1. The molecule has 5 heteroatoms. The molecule has 2 nitrogen and oxygen atoms in total. The average molecular weight is 200 g/mol. The molecular formula is C5H7Cl2NOS. The lowest BCUT2D eigenvalue weighted by Crippen LogP contribution is -2.08. The molecule has 0 aliphatic rings. The van der Waals surface area contributed by atoms with Crippen LogP contribution in [0.15, 0.2) is 16.8 Å². The quantitative estimate of drug-likeness (QED) is 0.736. The zero-order valence-corrected chi connectivity index (χ0v) is 7.39. The second kappa shape index (κ2) is 5.53. The second-order valence-corrected chi connectivity index (χ2v) is 2.16. The molecular weight excluding hydrogens is 193 g/mol. The Morgan fingerprint density at radius 1 is 1.50 bits per heavy atom. The fourth-order valence-corrected chi connectivity index (χ4v) is 1.05. The summed E-state index contributed by atoms with van der Waals surface area (Å²) in [5.41, 5.74) is 5.52. The number of thiophene rings is 1. The van der Waals surface area contributed by atoms with Gasteiger partial charge in [-0.05, 0) is 11.4 Å². The molecule has 2 N–H and O–H groups in total. The largest absolute Gasteiger partial charge is 0.366 e. The molecule has 1 amide bonds. The third-order valence-electron chi connectivity index (χ3n) is 0.806. The number of hydrogen-bond donors (Lipinski definition) is 1. The van der Waals surface area contributed by atoms with E-state index in [0.717, 1.165) is 0 Å². The highest BCUT2D eigenvalue weighted by atomic mass is 35.5. The molecule has 0 unspecified atom stereocenters. The molecule has 58 valence electrons. The van der Waals surface area contributed by atoms with Crippen LogP contribution in [0, 0.1) is 0 Å². The zero-order chi connectivity index (χ0) is 5.98. The lowest BCUT2D eigenvalue weighted by molar-refractivity contribution is 0.100. The van der Waals surface area contributed by atoms with Crippen LogP contribution in [0.2, 0.25) is 0 Å². The number of hydrogen-bond acceptors (Lipinski definition) is 2. The molecule has 1 rings (SSSR count). The predicted molar refractivity (Wildman–Crippen MR) is 47.3 cm³/mol. The number of carbonyl (C=O) groups is 1.